The molecule has 0 unspecified atom stereocenters. The van der Waals surface area contributed by atoms with E-state index in [4.69, 9.17) is 5.11 Å². The van der Waals surface area contributed by atoms with Crippen molar-refractivity contribution in [2.24, 2.45) is 5.10 Å². The molecule has 2 aromatic rings. The topological polar surface area (TPSA) is 61.7 Å². The second-order valence-corrected chi connectivity index (χ2v) is 3.89. The molecule has 0 bridgehead atoms. The van der Waals surface area contributed by atoms with E-state index in [1.165, 1.54) is 18.3 Å². The van der Waals surface area contributed by atoms with Gasteiger partial charge in [0, 0.05) is 11.6 Å². The van der Waals surface area contributed by atoms with Crippen LogP contribution in [0.1, 0.15) is 15.9 Å². The van der Waals surface area contributed by atoms with E-state index >= 15 is 0 Å². The molecule has 2 N–H and O–H groups in total. The standard InChI is InChI=1S/C14H10F2N2O2/c15-10-5-6-13(12(16)7-10)18-17-8-9-3-1-2-4-11(9)14(19)20/h1-8,18H,(H,19,20)/b17-8-. The summed E-state index contributed by atoms with van der Waals surface area (Å²) in [7, 11) is 0. The minimum Gasteiger partial charge on any atom is -0.478 e. The van der Waals surface area contributed by atoms with E-state index < -0.39 is 17.6 Å². The summed E-state index contributed by atoms with van der Waals surface area (Å²) in [6, 6.07) is 9.26. The Labute approximate surface area is 113 Å². The average Bonchev–Trinajstić information content (AvgIpc) is 2.41. The largest absolute Gasteiger partial charge is 0.478 e. The molecule has 2 rings (SSSR count). The Morgan fingerprint density at radius 1 is 1.20 bits per heavy atom. The Morgan fingerprint density at radius 3 is 2.65 bits per heavy atom. The Morgan fingerprint density at radius 2 is 1.95 bits per heavy atom. The van der Waals surface area contributed by atoms with Crippen molar-refractivity contribution in [3.05, 3.63) is 65.2 Å². The van der Waals surface area contributed by atoms with Gasteiger partial charge in [-0.15, -0.1) is 0 Å². The van der Waals surface area contributed by atoms with Crippen LogP contribution in [0.25, 0.3) is 0 Å². The van der Waals surface area contributed by atoms with E-state index in [2.05, 4.69) is 10.5 Å². The van der Waals surface area contributed by atoms with Gasteiger partial charge in [0.1, 0.15) is 5.82 Å². The van der Waals surface area contributed by atoms with Crippen LogP contribution >= 0.6 is 0 Å². The van der Waals surface area contributed by atoms with E-state index in [1.807, 2.05) is 0 Å². The molecule has 2 aromatic carbocycles. The van der Waals surface area contributed by atoms with Crippen molar-refractivity contribution in [2.45, 2.75) is 0 Å². The number of benzene rings is 2. The van der Waals surface area contributed by atoms with Gasteiger partial charge >= 0.3 is 5.97 Å². The molecule has 0 saturated carbocycles. The van der Waals surface area contributed by atoms with Gasteiger partial charge in [-0.2, -0.15) is 5.10 Å². The summed E-state index contributed by atoms with van der Waals surface area (Å²) in [6.07, 6.45) is 1.26. The third-order valence-corrected chi connectivity index (χ3v) is 2.51. The predicted molar refractivity (Wildman–Crippen MR) is 71.0 cm³/mol. The van der Waals surface area contributed by atoms with Crippen LogP contribution in [0.3, 0.4) is 0 Å². The number of hydrogen-bond acceptors (Lipinski definition) is 3. The molecule has 20 heavy (non-hydrogen) atoms. The first-order valence-electron chi connectivity index (χ1n) is 5.64. The van der Waals surface area contributed by atoms with Gasteiger partial charge in [-0.1, -0.05) is 18.2 Å². The summed E-state index contributed by atoms with van der Waals surface area (Å²) >= 11 is 0. The normalized spacial score (nSPS) is 10.7. The van der Waals surface area contributed by atoms with E-state index in [9.17, 15) is 13.6 Å². The van der Waals surface area contributed by atoms with Gasteiger partial charge in [-0.3, -0.25) is 5.43 Å². The van der Waals surface area contributed by atoms with Gasteiger partial charge < -0.3 is 5.11 Å². The molecular weight excluding hydrogens is 266 g/mol. The van der Waals surface area contributed by atoms with Crippen molar-refractivity contribution in [3.8, 4) is 0 Å². The molecule has 6 heteroatoms. The first-order valence-corrected chi connectivity index (χ1v) is 5.64. The van der Waals surface area contributed by atoms with Crippen molar-refractivity contribution in [2.75, 3.05) is 5.43 Å². The number of aromatic carboxylic acids is 1. The fourth-order valence-electron chi connectivity index (χ4n) is 1.56. The molecule has 0 aromatic heterocycles. The van der Waals surface area contributed by atoms with Gasteiger partial charge in [0.25, 0.3) is 0 Å². The number of carboxylic acid groups (broad SMARTS) is 1. The molecule has 0 radical (unpaired) electrons. The Bertz CT molecular complexity index is 672. The lowest BCUT2D eigenvalue weighted by Gasteiger charge is -2.03. The van der Waals surface area contributed by atoms with Gasteiger partial charge in [0.2, 0.25) is 0 Å². The first-order chi connectivity index (χ1) is 9.58. The van der Waals surface area contributed by atoms with Crippen LogP contribution in [0.15, 0.2) is 47.6 Å². The van der Waals surface area contributed by atoms with E-state index in [-0.39, 0.29) is 11.3 Å². The number of nitrogens with one attached hydrogen (secondary N) is 1. The molecule has 0 amide bonds. The van der Waals surface area contributed by atoms with E-state index in [0.29, 0.717) is 5.56 Å². The Hall–Kier alpha value is -2.76. The number of hydrogen-bond donors (Lipinski definition) is 2. The summed E-state index contributed by atoms with van der Waals surface area (Å²) in [6.45, 7) is 0. The van der Waals surface area contributed by atoms with Crippen molar-refractivity contribution in [1.82, 2.24) is 0 Å². The van der Waals surface area contributed by atoms with Crippen LogP contribution in [0.4, 0.5) is 14.5 Å². The zero-order chi connectivity index (χ0) is 14.5. The highest BCUT2D eigenvalue weighted by Gasteiger charge is 2.07. The lowest BCUT2D eigenvalue weighted by molar-refractivity contribution is 0.0697. The molecule has 0 aliphatic carbocycles. The summed E-state index contributed by atoms with van der Waals surface area (Å²) in [4.78, 5) is 11.0. The van der Waals surface area contributed by atoms with Crippen LogP contribution < -0.4 is 5.43 Å². The zero-order valence-corrected chi connectivity index (χ0v) is 10.2. The van der Waals surface area contributed by atoms with Crippen molar-refractivity contribution < 1.29 is 18.7 Å². The lowest BCUT2D eigenvalue weighted by atomic mass is 10.1. The summed E-state index contributed by atoms with van der Waals surface area (Å²) in [5, 5.41) is 12.7. The predicted octanol–water partition coefficient (Wildman–Crippen LogP) is 3.11. The van der Waals surface area contributed by atoms with Crippen molar-refractivity contribution >= 4 is 17.9 Å². The molecule has 0 aliphatic heterocycles. The molecule has 0 atom stereocenters. The summed E-state index contributed by atoms with van der Waals surface area (Å²) in [5.74, 6) is -2.55. The molecular formula is C14H10F2N2O2. The second kappa shape index (κ2) is 5.92. The third kappa shape index (κ3) is 3.17. The molecule has 4 nitrogen and oxygen atoms in total. The number of rotatable bonds is 4. The number of carbonyl (C=O) groups is 1. The minimum atomic E-state index is -1.08. The first kappa shape index (κ1) is 13.7. The molecule has 102 valence electrons. The number of nitrogens with zero attached hydrogens (tertiary/aromatic N) is 1. The molecule has 0 aliphatic rings. The summed E-state index contributed by atoms with van der Waals surface area (Å²) in [5.41, 5.74) is 2.84. The monoisotopic (exact) mass is 276 g/mol. The van der Waals surface area contributed by atoms with Gasteiger partial charge in [-0.05, 0) is 18.2 Å². The van der Waals surface area contributed by atoms with Gasteiger partial charge in [-0.25, -0.2) is 13.6 Å². The van der Waals surface area contributed by atoms with Crippen LogP contribution in [-0.4, -0.2) is 17.3 Å². The minimum absolute atomic E-state index is 0.00421. The maximum Gasteiger partial charge on any atom is 0.336 e. The highest BCUT2D eigenvalue weighted by Crippen LogP contribution is 2.14. The second-order valence-electron chi connectivity index (χ2n) is 3.89. The third-order valence-electron chi connectivity index (χ3n) is 2.51. The van der Waals surface area contributed by atoms with Crippen molar-refractivity contribution in [1.29, 1.82) is 0 Å². The van der Waals surface area contributed by atoms with Crippen LogP contribution in [0.5, 0.6) is 0 Å². The maximum atomic E-state index is 13.3. The highest BCUT2D eigenvalue weighted by molar-refractivity contribution is 5.98. The van der Waals surface area contributed by atoms with Gasteiger partial charge in [0.05, 0.1) is 17.5 Å². The lowest BCUT2D eigenvalue weighted by Crippen LogP contribution is -2.02. The Kier molecular flexibility index (Phi) is 4.05. The zero-order valence-electron chi connectivity index (χ0n) is 10.2. The van der Waals surface area contributed by atoms with Crippen LogP contribution in [0.2, 0.25) is 0 Å². The molecule has 0 spiro atoms. The van der Waals surface area contributed by atoms with Crippen LogP contribution in [0, 0.1) is 11.6 Å². The van der Waals surface area contributed by atoms with Crippen LogP contribution in [-0.2, 0) is 0 Å². The fraction of sp³-hybridized carbons (Fsp3) is 0. The Balaban J connectivity index is 2.16. The number of anilines is 1. The van der Waals surface area contributed by atoms with E-state index in [1.54, 1.807) is 18.2 Å². The van der Waals surface area contributed by atoms with E-state index in [0.717, 1.165) is 12.1 Å². The maximum absolute atomic E-state index is 13.3. The quantitative estimate of drug-likeness (QED) is 0.666. The van der Waals surface area contributed by atoms with Gasteiger partial charge in [0.15, 0.2) is 5.82 Å². The smallest absolute Gasteiger partial charge is 0.336 e. The number of carboxylic acids is 1. The van der Waals surface area contributed by atoms with Crippen molar-refractivity contribution in [3.63, 3.8) is 0 Å². The molecule has 0 fully saturated rings. The molecule has 0 heterocycles. The number of halogens is 2. The fourth-order valence-corrected chi connectivity index (χ4v) is 1.56. The summed E-state index contributed by atoms with van der Waals surface area (Å²) < 4.78 is 26.0. The SMILES string of the molecule is O=C(O)c1ccccc1/C=N\Nc1ccc(F)cc1F. The highest BCUT2D eigenvalue weighted by atomic mass is 19.1. The average molecular weight is 276 g/mol. The molecule has 0 saturated heterocycles. The number of hydrazone groups is 1.